The maximum absolute atomic E-state index is 11.8. The minimum absolute atomic E-state index is 0.103. The van der Waals surface area contributed by atoms with E-state index in [1.807, 2.05) is 6.92 Å². The van der Waals surface area contributed by atoms with Gasteiger partial charge in [0, 0.05) is 24.4 Å². The maximum Gasteiger partial charge on any atom is 0.238 e. The van der Waals surface area contributed by atoms with Crippen LogP contribution in [0.4, 0.5) is 5.69 Å². The normalized spacial score (nSPS) is 14.7. The summed E-state index contributed by atoms with van der Waals surface area (Å²) in [4.78, 5) is 11.8. The molecule has 3 N–H and O–H groups in total. The largest absolute Gasteiger partial charge is 0.486 e. The maximum atomic E-state index is 11.8. The lowest BCUT2D eigenvalue weighted by Crippen LogP contribution is -2.34. The number of hydrogen-bond acceptors (Lipinski definition) is 5. The molecule has 1 unspecified atom stereocenters. The summed E-state index contributed by atoms with van der Waals surface area (Å²) in [5, 5.41) is 14.6. The quantitative estimate of drug-likeness (QED) is 0.717. The molecular weight excluding hydrogens is 260 g/mol. The van der Waals surface area contributed by atoms with Gasteiger partial charge < -0.3 is 25.2 Å². The van der Waals surface area contributed by atoms with Gasteiger partial charge in [-0.2, -0.15) is 0 Å². The molecule has 1 aliphatic rings. The fraction of sp³-hybridized carbons (Fsp3) is 0.500. The van der Waals surface area contributed by atoms with Crippen molar-refractivity contribution in [2.75, 3.05) is 31.7 Å². The Kier molecular flexibility index (Phi) is 5.20. The molecule has 0 aromatic heterocycles. The van der Waals surface area contributed by atoms with Crippen LogP contribution in [0.25, 0.3) is 0 Å². The van der Waals surface area contributed by atoms with Gasteiger partial charge in [-0.25, -0.2) is 0 Å². The fourth-order valence-corrected chi connectivity index (χ4v) is 1.89. The van der Waals surface area contributed by atoms with Crippen molar-refractivity contribution in [2.24, 2.45) is 0 Å². The number of fused-ring (bicyclic) bond motifs is 1. The minimum Gasteiger partial charge on any atom is -0.486 e. The van der Waals surface area contributed by atoms with Crippen molar-refractivity contribution in [1.29, 1.82) is 0 Å². The van der Waals surface area contributed by atoms with Crippen LogP contribution in [0.2, 0.25) is 0 Å². The zero-order chi connectivity index (χ0) is 14.4. The van der Waals surface area contributed by atoms with Gasteiger partial charge in [-0.3, -0.25) is 4.79 Å². The van der Waals surface area contributed by atoms with E-state index in [9.17, 15) is 4.79 Å². The van der Waals surface area contributed by atoms with Gasteiger partial charge in [0.1, 0.15) is 13.2 Å². The van der Waals surface area contributed by atoms with Gasteiger partial charge in [-0.15, -0.1) is 0 Å². The molecule has 1 aromatic rings. The van der Waals surface area contributed by atoms with Gasteiger partial charge in [0.2, 0.25) is 5.91 Å². The van der Waals surface area contributed by atoms with Crippen LogP contribution in [-0.4, -0.2) is 43.4 Å². The predicted octanol–water partition coefficient (Wildman–Crippen LogP) is 0.757. The van der Waals surface area contributed by atoms with E-state index in [0.29, 0.717) is 36.8 Å². The summed E-state index contributed by atoms with van der Waals surface area (Å²) >= 11 is 0. The number of nitrogens with one attached hydrogen (secondary N) is 2. The van der Waals surface area contributed by atoms with E-state index in [0.717, 1.165) is 0 Å². The summed E-state index contributed by atoms with van der Waals surface area (Å²) in [6.45, 7) is 3.30. The molecular formula is C14H20N2O4. The number of amides is 1. The third-order valence-electron chi connectivity index (χ3n) is 3.00. The molecule has 1 amide bonds. The number of rotatable bonds is 6. The zero-order valence-corrected chi connectivity index (χ0v) is 11.5. The highest BCUT2D eigenvalue weighted by molar-refractivity contribution is 5.92. The molecule has 110 valence electrons. The molecule has 0 aliphatic carbocycles. The van der Waals surface area contributed by atoms with Crippen LogP contribution in [0.3, 0.4) is 0 Å². The van der Waals surface area contributed by atoms with Crippen molar-refractivity contribution < 1.29 is 19.4 Å². The van der Waals surface area contributed by atoms with Crippen LogP contribution >= 0.6 is 0 Å². The number of ether oxygens (including phenoxy) is 2. The zero-order valence-electron chi connectivity index (χ0n) is 11.5. The third kappa shape index (κ3) is 4.11. The molecule has 6 nitrogen and oxygen atoms in total. The van der Waals surface area contributed by atoms with Crippen molar-refractivity contribution in [2.45, 2.75) is 19.4 Å². The Balaban J connectivity index is 1.85. The van der Waals surface area contributed by atoms with Crippen LogP contribution in [-0.2, 0) is 4.79 Å². The number of carbonyl (C=O) groups excluding carboxylic acids is 1. The van der Waals surface area contributed by atoms with Crippen molar-refractivity contribution in [3.05, 3.63) is 18.2 Å². The first-order valence-corrected chi connectivity index (χ1v) is 6.73. The summed E-state index contributed by atoms with van der Waals surface area (Å²) < 4.78 is 10.9. The van der Waals surface area contributed by atoms with E-state index in [4.69, 9.17) is 14.6 Å². The Bertz CT molecular complexity index is 464. The van der Waals surface area contributed by atoms with Gasteiger partial charge >= 0.3 is 0 Å². The molecule has 0 fully saturated rings. The summed E-state index contributed by atoms with van der Waals surface area (Å²) in [6, 6.07) is 5.42. The smallest absolute Gasteiger partial charge is 0.238 e. The highest BCUT2D eigenvalue weighted by atomic mass is 16.6. The highest BCUT2D eigenvalue weighted by Gasteiger charge is 2.13. The summed E-state index contributed by atoms with van der Waals surface area (Å²) in [5.41, 5.74) is 0.677. The molecule has 6 heteroatoms. The summed E-state index contributed by atoms with van der Waals surface area (Å²) in [5.74, 6) is 1.21. The van der Waals surface area contributed by atoms with E-state index in [1.54, 1.807) is 18.2 Å². The number of carbonyl (C=O) groups is 1. The topological polar surface area (TPSA) is 79.8 Å². The molecule has 2 rings (SSSR count). The molecule has 0 spiro atoms. The Morgan fingerprint density at radius 1 is 1.35 bits per heavy atom. The molecule has 0 saturated heterocycles. The molecule has 0 bridgehead atoms. The Morgan fingerprint density at radius 2 is 2.10 bits per heavy atom. The first kappa shape index (κ1) is 14.6. The van der Waals surface area contributed by atoms with Gasteiger partial charge in [0.25, 0.3) is 0 Å². The van der Waals surface area contributed by atoms with Crippen LogP contribution in [0, 0.1) is 0 Å². The monoisotopic (exact) mass is 280 g/mol. The van der Waals surface area contributed by atoms with Gasteiger partial charge in [0.05, 0.1) is 6.54 Å². The minimum atomic E-state index is -0.133. The molecule has 0 saturated carbocycles. The van der Waals surface area contributed by atoms with Crippen LogP contribution in [0.15, 0.2) is 18.2 Å². The van der Waals surface area contributed by atoms with E-state index in [2.05, 4.69) is 10.6 Å². The fourth-order valence-electron chi connectivity index (χ4n) is 1.89. The van der Waals surface area contributed by atoms with Crippen LogP contribution in [0.1, 0.15) is 13.3 Å². The average molecular weight is 280 g/mol. The number of hydrogen-bond donors (Lipinski definition) is 3. The summed E-state index contributed by atoms with van der Waals surface area (Å²) in [6.07, 6.45) is 0.622. The Hall–Kier alpha value is -1.79. The number of anilines is 1. The van der Waals surface area contributed by atoms with Crippen LogP contribution < -0.4 is 20.1 Å². The number of aliphatic hydroxyl groups excluding tert-OH is 1. The highest BCUT2D eigenvalue weighted by Crippen LogP contribution is 2.32. The second kappa shape index (κ2) is 7.12. The molecule has 1 heterocycles. The van der Waals surface area contributed by atoms with E-state index < -0.39 is 0 Å². The lowest BCUT2D eigenvalue weighted by molar-refractivity contribution is -0.115. The van der Waals surface area contributed by atoms with Crippen molar-refractivity contribution in [3.63, 3.8) is 0 Å². The van der Waals surface area contributed by atoms with Gasteiger partial charge in [-0.05, 0) is 25.5 Å². The second-order valence-corrected chi connectivity index (χ2v) is 4.70. The Morgan fingerprint density at radius 3 is 2.85 bits per heavy atom. The van der Waals surface area contributed by atoms with Crippen LogP contribution in [0.5, 0.6) is 11.5 Å². The molecule has 20 heavy (non-hydrogen) atoms. The molecule has 1 aromatic carbocycles. The first-order valence-electron chi connectivity index (χ1n) is 6.73. The van der Waals surface area contributed by atoms with Crippen molar-refractivity contribution >= 4 is 11.6 Å². The summed E-state index contributed by atoms with van der Waals surface area (Å²) in [7, 11) is 0. The Labute approximate surface area is 118 Å². The standard InChI is InChI=1S/C14H20N2O4/c1-10(4-5-17)15-9-14(18)16-11-2-3-12-13(8-11)20-7-6-19-12/h2-3,8,10,15,17H,4-7,9H2,1H3,(H,16,18). The predicted molar refractivity (Wildman–Crippen MR) is 75.2 cm³/mol. The molecule has 1 atom stereocenters. The first-order chi connectivity index (χ1) is 9.69. The van der Waals surface area contributed by atoms with E-state index in [1.165, 1.54) is 0 Å². The lowest BCUT2D eigenvalue weighted by atomic mass is 10.2. The van der Waals surface area contributed by atoms with Crippen molar-refractivity contribution in [3.8, 4) is 11.5 Å². The lowest BCUT2D eigenvalue weighted by Gasteiger charge is -2.19. The van der Waals surface area contributed by atoms with Crippen molar-refractivity contribution in [1.82, 2.24) is 5.32 Å². The second-order valence-electron chi connectivity index (χ2n) is 4.70. The third-order valence-corrected chi connectivity index (χ3v) is 3.00. The number of benzene rings is 1. The van der Waals surface area contributed by atoms with E-state index >= 15 is 0 Å². The van der Waals surface area contributed by atoms with E-state index in [-0.39, 0.29) is 25.1 Å². The average Bonchev–Trinajstić information content (AvgIpc) is 2.45. The molecule has 1 aliphatic heterocycles. The SMILES string of the molecule is CC(CCO)NCC(=O)Nc1ccc2c(c1)OCCO2. The molecule has 0 radical (unpaired) electrons. The van der Waals surface area contributed by atoms with Gasteiger partial charge in [-0.1, -0.05) is 0 Å². The number of aliphatic hydroxyl groups is 1. The van der Waals surface area contributed by atoms with Gasteiger partial charge in [0.15, 0.2) is 11.5 Å².